The number of amides is 4. The van der Waals surface area contributed by atoms with Crippen LogP contribution in [-0.4, -0.2) is 59.2 Å². The Kier molecular flexibility index (Phi) is 5.09. The van der Waals surface area contributed by atoms with Gasteiger partial charge in [0.15, 0.2) is 0 Å². The van der Waals surface area contributed by atoms with Gasteiger partial charge in [-0.15, -0.1) is 0 Å². The van der Waals surface area contributed by atoms with Crippen molar-refractivity contribution < 1.29 is 32.8 Å². The second-order valence-electron chi connectivity index (χ2n) is 8.28. The van der Waals surface area contributed by atoms with Crippen LogP contribution in [0.5, 0.6) is 5.75 Å². The lowest BCUT2D eigenvalue weighted by Gasteiger charge is -2.29. The summed E-state index contributed by atoms with van der Waals surface area (Å²) in [5.41, 5.74) is 1.51. The molecule has 1 N–H and O–H groups in total. The summed E-state index contributed by atoms with van der Waals surface area (Å²) in [6, 6.07) is 10.1. The first-order chi connectivity index (χ1) is 17.7. The number of morpholine rings is 1. The molecule has 0 bridgehead atoms. The molecule has 2 aromatic carbocycles. The summed E-state index contributed by atoms with van der Waals surface area (Å²) in [7, 11) is 0. The van der Waals surface area contributed by atoms with E-state index in [1.807, 2.05) is 0 Å². The zero-order valence-electron chi connectivity index (χ0n) is 21.3. The molecule has 5 rings (SSSR count). The number of nitrogens with zero attached hydrogens (tertiary/aromatic N) is 2. The van der Waals surface area contributed by atoms with Gasteiger partial charge in [0.05, 0.1) is 17.3 Å². The van der Waals surface area contributed by atoms with Gasteiger partial charge in [-0.25, -0.2) is 0 Å². The Morgan fingerprint density at radius 1 is 1.09 bits per heavy atom. The summed E-state index contributed by atoms with van der Waals surface area (Å²) in [5, 5.41) is 2.26. The lowest BCUT2D eigenvalue weighted by molar-refractivity contribution is -0.143. The average Bonchev–Trinajstić information content (AvgIpc) is 3.21. The van der Waals surface area contributed by atoms with E-state index >= 15 is 0 Å². The van der Waals surface area contributed by atoms with Gasteiger partial charge in [-0.2, -0.15) is 0 Å². The molecule has 9 nitrogen and oxygen atoms in total. The highest BCUT2D eigenvalue weighted by molar-refractivity contribution is 6.05. The Balaban J connectivity index is 1.33. The number of piperidine rings is 1. The average molecular weight is 467 g/mol. The molecule has 3 aliphatic rings. The fourth-order valence-electron chi connectivity index (χ4n) is 4.25. The number of carbonyl (C=O) groups is 4. The Morgan fingerprint density at radius 2 is 1.88 bits per heavy atom. The van der Waals surface area contributed by atoms with Crippen LogP contribution in [0, 0.1) is 0 Å². The molecule has 34 heavy (non-hydrogen) atoms. The van der Waals surface area contributed by atoms with Crippen molar-refractivity contribution in [1.82, 2.24) is 15.1 Å². The van der Waals surface area contributed by atoms with E-state index in [4.69, 9.17) is 13.6 Å². The van der Waals surface area contributed by atoms with Crippen molar-refractivity contribution in [2.75, 3.05) is 19.8 Å². The molecule has 0 aromatic heterocycles. The van der Waals surface area contributed by atoms with E-state index in [9.17, 15) is 19.2 Å². The van der Waals surface area contributed by atoms with E-state index in [1.54, 1.807) is 30.3 Å². The lowest BCUT2D eigenvalue weighted by atomic mass is 10.0. The summed E-state index contributed by atoms with van der Waals surface area (Å²) < 4.78 is 36.4. The van der Waals surface area contributed by atoms with Crippen LogP contribution in [0.1, 0.15) is 44.0 Å². The summed E-state index contributed by atoms with van der Waals surface area (Å²) in [6.07, 6.45) is 0.359. The molecule has 0 saturated carbocycles. The van der Waals surface area contributed by atoms with Gasteiger partial charge in [0.2, 0.25) is 17.7 Å². The fourth-order valence-corrected chi connectivity index (χ4v) is 4.25. The number of benzene rings is 2. The number of hydrogen-bond donors (Lipinski definition) is 1. The first-order valence-electron chi connectivity index (χ1n) is 12.6. The molecule has 0 aliphatic carbocycles. The first-order valence-corrected chi connectivity index (χ1v) is 11.0. The number of fused-ring (bicyclic) bond motifs is 1. The molecule has 2 unspecified atom stereocenters. The fraction of sp³-hybridized carbons (Fsp3) is 0.360. The molecule has 3 aliphatic heterocycles. The van der Waals surface area contributed by atoms with Crippen molar-refractivity contribution in [1.29, 1.82) is 0 Å². The summed E-state index contributed by atoms with van der Waals surface area (Å²) >= 11 is 0. The Hall–Kier alpha value is -3.72. The zero-order valence-corrected chi connectivity index (χ0v) is 18.3. The maximum atomic E-state index is 13.0. The summed E-state index contributed by atoms with van der Waals surface area (Å²) in [5.74, 6) is -1.37. The highest BCUT2D eigenvalue weighted by Crippen LogP contribution is 2.34. The van der Waals surface area contributed by atoms with Crippen LogP contribution >= 0.6 is 0 Å². The second-order valence-corrected chi connectivity index (χ2v) is 8.28. The molecule has 3 heterocycles. The molecule has 2 saturated heterocycles. The topological polar surface area (TPSA) is 105 Å². The number of ether oxygens (including phenoxy) is 2. The van der Waals surface area contributed by atoms with Crippen molar-refractivity contribution >= 4 is 23.6 Å². The van der Waals surface area contributed by atoms with Crippen molar-refractivity contribution in [3.63, 3.8) is 0 Å². The van der Waals surface area contributed by atoms with Crippen molar-refractivity contribution in [3.8, 4) is 5.75 Å². The number of imide groups is 1. The van der Waals surface area contributed by atoms with E-state index in [0.717, 1.165) is 0 Å². The number of hydrogen-bond acceptors (Lipinski definition) is 6. The van der Waals surface area contributed by atoms with Gasteiger partial charge in [0.25, 0.3) is 5.91 Å². The molecular formula is C25H25N3O6. The van der Waals surface area contributed by atoms with Crippen LogP contribution in [0.25, 0.3) is 0 Å². The number of carbonyl (C=O) groups excluding carboxylic acids is 4. The van der Waals surface area contributed by atoms with Gasteiger partial charge in [-0.05, 0) is 29.7 Å². The van der Waals surface area contributed by atoms with Gasteiger partial charge in [0, 0.05) is 30.6 Å². The van der Waals surface area contributed by atoms with Crippen LogP contribution in [-0.2, 0) is 38.7 Å². The molecule has 4 amide bonds. The molecule has 176 valence electrons. The third kappa shape index (κ3) is 4.38. The van der Waals surface area contributed by atoms with E-state index in [2.05, 4.69) is 5.32 Å². The molecule has 0 radical (unpaired) electrons. The highest BCUT2D eigenvalue weighted by Gasteiger charge is 2.40. The summed E-state index contributed by atoms with van der Waals surface area (Å²) in [4.78, 5) is 51.7. The first kappa shape index (κ1) is 18.7. The Labute approximate surface area is 200 Å². The minimum Gasteiger partial charge on any atom is -0.489 e. The molecule has 2 fully saturated rings. The molecule has 2 atom stereocenters. The number of nitrogens with one attached hydrogen (secondary N) is 1. The van der Waals surface area contributed by atoms with Gasteiger partial charge < -0.3 is 19.3 Å². The van der Waals surface area contributed by atoms with Gasteiger partial charge in [-0.1, -0.05) is 30.3 Å². The molecule has 0 spiro atoms. The van der Waals surface area contributed by atoms with Crippen LogP contribution in [0.15, 0.2) is 42.5 Å². The van der Waals surface area contributed by atoms with Crippen LogP contribution < -0.4 is 10.1 Å². The van der Waals surface area contributed by atoms with Crippen molar-refractivity contribution in [2.24, 2.45) is 0 Å². The van der Waals surface area contributed by atoms with Gasteiger partial charge in [-0.3, -0.25) is 24.5 Å². The SMILES string of the molecule is [2H]C(c1ccc(C([2H])([2H])Oc2cccc3c2CN(C2CCC(=O)NC2=O)C3=O)cc1)N1CCOCC1=O. The van der Waals surface area contributed by atoms with Crippen molar-refractivity contribution in [2.45, 2.75) is 38.5 Å². The lowest BCUT2D eigenvalue weighted by Crippen LogP contribution is -2.52. The Bertz CT molecular complexity index is 1270. The number of rotatable bonds is 6. The van der Waals surface area contributed by atoms with Crippen LogP contribution in [0.2, 0.25) is 0 Å². The van der Waals surface area contributed by atoms with E-state index in [-0.39, 0.29) is 55.0 Å². The standard InChI is InChI=1S/C25H25N3O6/c29-22-9-8-20(24(31)26-22)28-13-19-18(25(28)32)2-1-3-21(19)34-14-17-6-4-16(5-7-17)12-27-10-11-33-15-23(27)30/h1-7,20H,8-15H2,(H,26,29,31)/i12D,14D2. The van der Waals surface area contributed by atoms with Crippen LogP contribution in [0.3, 0.4) is 0 Å². The predicted molar refractivity (Wildman–Crippen MR) is 119 cm³/mol. The molecule has 9 heteroatoms. The van der Waals surface area contributed by atoms with Crippen LogP contribution in [0.4, 0.5) is 0 Å². The maximum absolute atomic E-state index is 13.0. The zero-order chi connectivity index (χ0) is 26.3. The minimum absolute atomic E-state index is 0.0553. The molecular weight excluding hydrogens is 438 g/mol. The highest BCUT2D eigenvalue weighted by atomic mass is 16.5. The second kappa shape index (κ2) is 9.26. The summed E-state index contributed by atoms with van der Waals surface area (Å²) in [6.45, 7) is -2.54. The quantitative estimate of drug-likeness (QED) is 0.645. The maximum Gasteiger partial charge on any atom is 0.255 e. The third-order valence-corrected chi connectivity index (χ3v) is 6.06. The van der Waals surface area contributed by atoms with E-state index < -0.39 is 25.0 Å². The largest absolute Gasteiger partial charge is 0.489 e. The molecule has 2 aromatic rings. The van der Waals surface area contributed by atoms with Crippen molar-refractivity contribution in [3.05, 3.63) is 64.7 Å². The Morgan fingerprint density at radius 3 is 2.65 bits per heavy atom. The van der Waals surface area contributed by atoms with E-state index in [0.29, 0.717) is 29.8 Å². The third-order valence-electron chi connectivity index (χ3n) is 6.06. The monoisotopic (exact) mass is 466 g/mol. The normalized spacial score (nSPS) is 23.1. The predicted octanol–water partition coefficient (Wildman–Crippen LogP) is 1.39. The van der Waals surface area contributed by atoms with E-state index in [1.165, 1.54) is 21.9 Å². The smallest absolute Gasteiger partial charge is 0.255 e. The minimum atomic E-state index is -2.27. The van der Waals surface area contributed by atoms with Gasteiger partial charge >= 0.3 is 0 Å². The van der Waals surface area contributed by atoms with Gasteiger partial charge in [0.1, 0.15) is 25.0 Å².